The van der Waals surface area contributed by atoms with Gasteiger partial charge in [-0.05, 0) is 60.6 Å². The van der Waals surface area contributed by atoms with E-state index in [4.69, 9.17) is 23.8 Å². The predicted octanol–water partition coefficient (Wildman–Crippen LogP) is 3.82. The average Bonchev–Trinajstić information content (AvgIpc) is 2.76. The number of unbranched alkanes of at least 4 members (excludes halogenated alkanes) is 1. The van der Waals surface area contributed by atoms with Gasteiger partial charge < -0.3 is 5.32 Å². The van der Waals surface area contributed by atoms with Crippen LogP contribution in [0.4, 0.5) is 5.69 Å². The summed E-state index contributed by atoms with van der Waals surface area (Å²) in [5.74, 6) is -0.993. The summed E-state index contributed by atoms with van der Waals surface area (Å²) >= 11 is 11.0. The second kappa shape index (κ2) is 12.5. The number of amides is 3. The molecule has 0 radical (unpaired) electrons. The highest BCUT2D eigenvalue weighted by atomic mass is 35.5. The maximum absolute atomic E-state index is 12.2. The number of hydrogen-bond donors (Lipinski definition) is 4. The summed E-state index contributed by atoms with van der Waals surface area (Å²) in [7, 11) is 0. The van der Waals surface area contributed by atoms with Gasteiger partial charge in [-0.3, -0.25) is 30.6 Å². The van der Waals surface area contributed by atoms with Gasteiger partial charge in [-0.15, -0.1) is 0 Å². The van der Waals surface area contributed by atoms with Gasteiger partial charge in [0.15, 0.2) is 5.11 Å². The van der Waals surface area contributed by atoms with Crippen molar-refractivity contribution in [2.45, 2.75) is 26.2 Å². The van der Waals surface area contributed by atoms with E-state index >= 15 is 0 Å². The maximum atomic E-state index is 12.2. The summed E-state index contributed by atoms with van der Waals surface area (Å²) in [6.07, 6.45) is 5.06. The molecule has 0 aromatic heterocycles. The Hall–Kier alpha value is -3.23. The molecule has 9 heteroatoms. The van der Waals surface area contributed by atoms with Crippen molar-refractivity contribution in [2.75, 3.05) is 5.32 Å². The van der Waals surface area contributed by atoms with Crippen LogP contribution in [-0.4, -0.2) is 22.8 Å². The van der Waals surface area contributed by atoms with Crippen LogP contribution in [0.5, 0.6) is 0 Å². The third-order valence-electron chi connectivity index (χ3n) is 4.03. The number of benzene rings is 2. The first kappa shape index (κ1) is 24.0. The average molecular weight is 459 g/mol. The van der Waals surface area contributed by atoms with Crippen LogP contribution >= 0.6 is 23.8 Å². The lowest BCUT2D eigenvalue weighted by molar-refractivity contribution is -0.116. The minimum absolute atomic E-state index is 0.0645. The number of hydrazine groups is 1. The SMILES string of the molecule is CCCCC(=O)Nc1ccc(C(=O)NNC(=S)NC(=O)C=Cc2ccccc2Cl)cc1. The second-order valence-corrected chi connectivity index (χ2v) is 7.30. The van der Waals surface area contributed by atoms with Crippen LogP contribution in [0.2, 0.25) is 5.02 Å². The molecular formula is C22H23ClN4O3S. The van der Waals surface area contributed by atoms with Gasteiger partial charge in [0.1, 0.15) is 0 Å². The quantitative estimate of drug-likeness (QED) is 0.287. The third-order valence-corrected chi connectivity index (χ3v) is 4.58. The molecule has 0 aliphatic carbocycles. The fourth-order valence-electron chi connectivity index (χ4n) is 2.41. The molecule has 0 aliphatic rings. The summed E-state index contributed by atoms with van der Waals surface area (Å²) in [4.78, 5) is 35.9. The summed E-state index contributed by atoms with van der Waals surface area (Å²) < 4.78 is 0. The van der Waals surface area contributed by atoms with Crippen LogP contribution in [0, 0.1) is 0 Å². The van der Waals surface area contributed by atoms with E-state index in [0.29, 0.717) is 28.3 Å². The first-order valence-electron chi connectivity index (χ1n) is 9.63. The Morgan fingerprint density at radius 2 is 1.74 bits per heavy atom. The number of anilines is 1. The third kappa shape index (κ3) is 8.57. The highest BCUT2D eigenvalue weighted by Crippen LogP contribution is 2.16. The van der Waals surface area contributed by atoms with E-state index in [1.165, 1.54) is 6.08 Å². The monoisotopic (exact) mass is 458 g/mol. The molecule has 0 aliphatic heterocycles. The van der Waals surface area contributed by atoms with Crippen LogP contribution in [0.3, 0.4) is 0 Å². The van der Waals surface area contributed by atoms with Crippen molar-refractivity contribution < 1.29 is 14.4 Å². The molecular weight excluding hydrogens is 436 g/mol. The molecule has 3 amide bonds. The number of rotatable bonds is 7. The van der Waals surface area contributed by atoms with E-state index in [0.717, 1.165) is 12.8 Å². The Kier molecular flexibility index (Phi) is 9.67. The van der Waals surface area contributed by atoms with Crippen LogP contribution in [0.25, 0.3) is 6.08 Å². The normalized spacial score (nSPS) is 10.4. The summed E-state index contributed by atoms with van der Waals surface area (Å²) in [5, 5.41) is 5.64. The number of carbonyl (C=O) groups excluding carboxylic acids is 3. The van der Waals surface area contributed by atoms with Gasteiger partial charge >= 0.3 is 0 Å². The van der Waals surface area contributed by atoms with Crippen LogP contribution in [-0.2, 0) is 9.59 Å². The number of nitrogens with one attached hydrogen (secondary N) is 4. The van der Waals surface area contributed by atoms with E-state index in [2.05, 4.69) is 21.5 Å². The standard InChI is InChI=1S/C22H23ClN4O3S/c1-2-3-8-19(28)24-17-12-9-16(10-13-17)21(30)26-27-22(31)25-20(29)14-11-15-6-4-5-7-18(15)23/h4-7,9-14H,2-3,8H2,1H3,(H,24,28)(H,26,30)(H2,25,27,29,31). The molecule has 31 heavy (non-hydrogen) atoms. The topological polar surface area (TPSA) is 99.3 Å². The van der Waals surface area contributed by atoms with Gasteiger partial charge in [-0.1, -0.05) is 43.1 Å². The van der Waals surface area contributed by atoms with Crippen molar-refractivity contribution >= 4 is 58.4 Å². The van der Waals surface area contributed by atoms with Crippen molar-refractivity contribution in [1.29, 1.82) is 0 Å². The molecule has 0 heterocycles. The van der Waals surface area contributed by atoms with Crippen molar-refractivity contribution in [1.82, 2.24) is 16.2 Å². The van der Waals surface area contributed by atoms with Crippen LogP contribution in [0.1, 0.15) is 42.1 Å². The lowest BCUT2D eigenvalue weighted by Gasteiger charge is -2.10. The molecule has 0 spiro atoms. The molecule has 0 saturated heterocycles. The Balaban J connectivity index is 1.78. The van der Waals surface area contributed by atoms with E-state index in [-0.39, 0.29) is 11.0 Å². The zero-order valence-corrected chi connectivity index (χ0v) is 18.5. The van der Waals surface area contributed by atoms with E-state index in [1.54, 1.807) is 54.6 Å². The molecule has 0 bridgehead atoms. The largest absolute Gasteiger partial charge is 0.326 e. The van der Waals surface area contributed by atoms with Crippen molar-refractivity contribution in [3.63, 3.8) is 0 Å². The van der Waals surface area contributed by atoms with E-state index < -0.39 is 11.8 Å². The number of carbonyl (C=O) groups is 3. The molecule has 4 N–H and O–H groups in total. The maximum Gasteiger partial charge on any atom is 0.269 e. The fraction of sp³-hybridized carbons (Fsp3) is 0.182. The molecule has 2 aromatic carbocycles. The molecule has 0 fully saturated rings. The first-order valence-corrected chi connectivity index (χ1v) is 10.4. The van der Waals surface area contributed by atoms with Gasteiger partial charge in [-0.25, -0.2) is 0 Å². The number of halogens is 1. The second-order valence-electron chi connectivity index (χ2n) is 6.48. The molecule has 0 saturated carbocycles. The van der Waals surface area contributed by atoms with E-state index in [1.807, 2.05) is 6.92 Å². The summed E-state index contributed by atoms with van der Waals surface area (Å²) in [5.41, 5.74) is 6.51. The first-order chi connectivity index (χ1) is 14.9. The number of hydrogen-bond acceptors (Lipinski definition) is 4. The molecule has 2 rings (SSSR count). The molecule has 0 atom stereocenters. The lowest BCUT2D eigenvalue weighted by Crippen LogP contribution is -2.48. The minimum Gasteiger partial charge on any atom is -0.326 e. The fourth-order valence-corrected chi connectivity index (χ4v) is 2.76. The molecule has 162 valence electrons. The smallest absolute Gasteiger partial charge is 0.269 e. The predicted molar refractivity (Wildman–Crippen MR) is 126 cm³/mol. The zero-order chi connectivity index (χ0) is 22.6. The zero-order valence-electron chi connectivity index (χ0n) is 16.9. The Labute approximate surface area is 191 Å². The van der Waals surface area contributed by atoms with Gasteiger partial charge in [0.25, 0.3) is 5.91 Å². The minimum atomic E-state index is -0.477. The molecule has 0 unspecified atom stereocenters. The Morgan fingerprint density at radius 1 is 1.03 bits per heavy atom. The summed E-state index contributed by atoms with van der Waals surface area (Å²) in [6, 6.07) is 13.5. The Bertz CT molecular complexity index is 977. The highest BCUT2D eigenvalue weighted by molar-refractivity contribution is 7.80. The van der Waals surface area contributed by atoms with Gasteiger partial charge in [0.2, 0.25) is 11.8 Å². The molecule has 2 aromatic rings. The molecule has 7 nitrogen and oxygen atoms in total. The van der Waals surface area contributed by atoms with Crippen LogP contribution < -0.4 is 21.5 Å². The van der Waals surface area contributed by atoms with E-state index in [9.17, 15) is 14.4 Å². The van der Waals surface area contributed by atoms with Gasteiger partial charge in [0, 0.05) is 28.8 Å². The van der Waals surface area contributed by atoms with Crippen molar-refractivity contribution in [3.05, 3.63) is 70.8 Å². The lowest BCUT2D eigenvalue weighted by atomic mass is 10.2. The summed E-state index contributed by atoms with van der Waals surface area (Å²) in [6.45, 7) is 2.02. The van der Waals surface area contributed by atoms with Crippen LogP contribution in [0.15, 0.2) is 54.6 Å². The van der Waals surface area contributed by atoms with Gasteiger partial charge in [-0.2, -0.15) is 0 Å². The van der Waals surface area contributed by atoms with Gasteiger partial charge in [0.05, 0.1) is 0 Å². The highest BCUT2D eigenvalue weighted by Gasteiger charge is 2.08. The van der Waals surface area contributed by atoms with Crippen molar-refractivity contribution in [3.8, 4) is 0 Å². The van der Waals surface area contributed by atoms with Crippen molar-refractivity contribution in [2.24, 2.45) is 0 Å². The Morgan fingerprint density at radius 3 is 2.42 bits per heavy atom. The number of thiocarbonyl (C=S) groups is 1.